The zero-order valence-electron chi connectivity index (χ0n) is 19.8. The first-order valence-electron chi connectivity index (χ1n) is 11.4. The van der Waals surface area contributed by atoms with Crippen LogP contribution < -0.4 is 19.8 Å². The van der Waals surface area contributed by atoms with Crippen LogP contribution in [0.4, 0.5) is 5.95 Å². The number of piperazine rings is 1. The monoisotopic (exact) mass is 468 g/mol. The number of nitrogens with zero attached hydrogens (tertiary/aromatic N) is 4. The Labute approximate surface area is 200 Å². The van der Waals surface area contributed by atoms with Gasteiger partial charge in [-0.3, -0.25) is 4.90 Å². The Morgan fingerprint density at radius 2 is 1.76 bits per heavy atom. The number of aliphatic carboxylic acids is 2. The van der Waals surface area contributed by atoms with Gasteiger partial charge in [0.2, 0.25) is 11.8 Å². The predicted octanol–water partition coefficient (Wildman–Crippen LogP) is 0.795. The van der Waals surface area contributed by atoms with Crippen LogP contribution in [0.1, 0.15) is 26.7 Å². The van der Waals surface area contributed by atoms with Crippen molar-refractivity contribution in [2.75, 3.05) is 44.2 Å². The van der Waals surface area contributed by atoms with Gasteiger partial charge in [0.25, 0.3) is 0 Å². The number of fused-ring (bicyclic) bond motifs is 1. The number of benzene rings is 1. The Balaban J connectivity index is 0.000000440. The lowest BCUT2D eigenvalue weighted by molar-refractivity contribution is -0.301. The normalized spacial score (nSPS) is 14.9. The topological polar surface area (TPSA) is 122 Å². The summed E-state index contributed by atoms with van der Waals surface area (Å²) in [5, 5.41) is 19.8. The zero-order valence-corrected chi connectivity index (χ0v) is 19.8. The van der Waals surface area contributed by atoms with E-state index in [0.29, 0.717) is 30.6 Å². The van der Waals surface area contributed by atoms with Crippen LogP contribution in [0.25, 0.3) is 10.9 Å². The molecule has 1 fully saturated rings. The summed E-state index contributed by atoms with van der Waals surface area (Å²) in [5.74, 6) is -1.08. The maximum Gasteiger partial charge on any atom is 0.229 e. The van der Waals surface area contributed by atoms with Crippen molar-refractivity contribution in [2.24, 2.45) is 5.92 Å². The van der Waals surface area contributed by atoms with E-state index in [1.54, 1.807) is 0 Å². The first kappa shape index (κ1) is 26.8. The second-order valence-electron chi connectivity index (χ2n) is 8.10. The number of hydrogen-bond acceptors (Lipinski definition) is 9. The van der Waals surface area contributed by atoms with Crippen LogP contribution in [-0.2, 0) is 9.59 Å². The molecule has 1 aliphatic rings. The number of carboxylic acids is 2. The highest BCUT2D eigenvalue weighted by molar-refractivity contribution is 5.87. The highest BCUT2D eigenvalue weighted by Gasteiger charge is 2.20. The van der Waals surface area contributed by atoms with E-state index < -0.39 is 11.9 Å². The Morgan fingerprint density at radius 1 is 1.12 bits per heavy atom. The molecule has 0 spiro atoms. The van der Waals surface area contributed by atoms with Gasteiger partial charge < -0.3 is 29.4 Å². The van der Waals surface area contributed by atoms with Gasteiger partial charge in [0.15, 0.2) is 0 Å². The van der Waals surface area contributed by atoms with Crippen molar-refractivity contribution < 1.29 is 24.5 Å². The minimum Gasteiger partial charge on any atom is -0.545 e. The van der Waals surface area contributed by atoms with Crippen LogP contribution in [0.5, 0.6) is 5.88 Å². The van der Waals surface area contributed by atoms with Crippen LogP contribution in [0.2, 0.25) is 0 Å². The molecule has 3 rings (SSSR count). The van der Waals surface area contributed by atoms with E-state index in [-0.39, 0.29) is 0 Å². The minimum atomic E-state index is -1.55. The molecular weight excluding hydrogens is 436 g/mol. The standard InChI is InChI=1S/C21H30N4O.C4H4O4/c1-4-8-17(3)16-26-20-18-9-6-7-10-19(18)22-21(23-20)25-14-12-24(11-5-2)13-15-25;5-3(6)1-2-4(7)8/h5-7,9-10,17H,2,4,8,11-16H2,1,3H3;1-2H,(H,5,6)(H,7,8)/p-2/b;2-1+. The molecule has 9 nitrogen and oxygen atoms in total. The SMILES string of the molecule is C=CCN1CCN(c2nc(OCC(C)CCC)c3ccccc3n2)CC1.O=C([O-])/C=C/C(=O)[O-]. The smallest absolute Gasteiger partial charge is 0.229 e. The molecule has 1 aliphatic heterocycles. The molecule has 0 aliphatic carbocycles. The molecule has 1 aromatic heterocycles. The fourth-order valence-electron chi connectivity index (χ4n) is 3.53. The number of hydrogen-bond donors (Lipinski definition) is 0. The quantitative estimate of drug-likeness (QED) is 0.368. The predicted molar refractivity (Wildman–Crippen MR) is 127 cm³/mol. The molecule has 1 atom stereocenters. The van der Waals surface area contributed by atoms with E-state index >= 15 is 0 Å². The molecule has 34 heavy (non-hydrogen) atoms. The van der Waals surface area contributed by atoms with Crippen molar-refractivity contribution in [3.63, 3.8) is 0 Å². The lowest BCUT2D eigenvalue weighted by Crippen LogP contribution is -2.46. The number of carboxylic acid groups (broad SMARTS) is 2. The molecule has 9 heteroatoms. The summed E-state index contributed by atoms with van der Waals surface area (Å²) in [4.78, 5) is 33.1. The Kier molecular flexibility index (Phi) is 11.0. The second kappa shape index (κ2) is 13.9. The van der Waals surface area contributed by atoms with Crippen molar-refractivity contribution in [3.05, 3.63) is 49.1 Å². The molecule has 0 radical (unpaired) electrons. The number of aromatic nitrogens is 2. The average molecular weight is 469 g/mol. The molecule has 1 aromatic carbocycles. The second-order valence-corrected chi connectivity index (χ2v) is 8.10. The van der Waals surface area contributed by atoms with Crippen LogP contribution in [-0.4, -0.2) is 66.1 Å². The maximum absolute atomic E-state index is 9.41. The van der Waals surface area contributed by atoms with E-state index in [0.717, 1.165) is 49.6 Å². The van der Waals surface area contributed by atoms with Gasteiger partial charge in [-0.1, -0.05) is 38.5 Å². The maximum atomic E-state index is 9.41. The number of carbonyl (C=O) groups is 2. The van der Waals surface area contributed by atoms with Crippen LogP contribution in [0.3, 0.4) is 0 Å². The van der Waals surface area contributed by atoms with Crippen molar-refractivity contribution in [1.82, 2.24) is 14.9 Å². The lowest BCUT2D eigenvalue weighted by atomic mass is 10.1. The number of ether oxygens (including phenoxy) is 1. The van der Waals surface area contributed by atoms with E-state index in [1.165, 1.54) is 12.8 Å². The van der Waals surface area contributed by atoms with Crippen molar-refractivity contribution in [2.45, 2.75) is 26.7 Å². The Bertz CT molecular complexity index is 970. The van der Waals surface area contributed by atoms with Gasteiger partial charge in [-0.25, -0.2) is 4.98 Å². The highest BCUT2D eigenvalue weighted by atomic mass is 16.5. The van der Waals surface area contributed by atoms with Gasteiger partial charge >= 0.3 is 0 Å². The third-order valence-electron chi connectivity index (χ3n) is 5.24. The number of rotatable bonds is 10. The molecule has 1 unspecified atom stereocenters. The van der Waals surface area contributed by atoms with Crippen molar-refractivity contribution >= 4 is 28.8 Å². The largest absolute Gasteiger partial charge is 0.545 e. The summed E-state index contributed by atoms with van der Waals surface area (Å²) in [6.45, 7) is 13.8. The van der Waals surface area contributed by atoms with Gasteiger partial charge in [-0.05, 0) is 36.6 Å². The first-order valence-corrected chi connectivity index (χ1v) is 11.4. The fraction of sp³-hybridized carbons (Fsp3) is 0.440. The fourth-order valence-corrected chi connectivity index (χ4v) is 3.53. The minimum absolute atomic E-state index is 0.384. The van der Waals surface area contributed by atoms with E-state index in [1.807, 2.05) is 30.3 Å². The molecule has 184 valence electrons. The summed E-state index contributed by atoms with van der Waals surface area (Å²) in [5.41, 5.74) is 0.948. The molecule has 0 saturated carbocycles. The Hall–Kier alpha value is -3.46. The van der Waals surface area contributed by atoms with E-state index in [9.17, 15) is 19.8 Å². The lowest BCUT2D eigenvalue weighted by Gasteiger charge is -2.34. The van der Waals surface area contributed by atoms with Crippen molar-refractivity contribution in [1.29, 1.82) is 0 Å². The molecule has 1 saturated heterocycles. The molecule has 0 bridgehead atoms. The third kappa shape index (κ3) is 8.82. The molecule has 2 aromatic rings. The summed E-state index contributed by atoms with van der Waals surface area (Å²) >= 11 is 0. The molecular formula is C25H32N4O5-2. The summed E-state index contributed by atoms with van der Waals surface area (Å²) in [6, 6.07) is 8.12. The van der Waals surface area contributed by atoms with Gasteiger partial charge in [0.1, 0.15) is 0 Å². The van der Waals surface area contributed by atoms with Crippen LogP contribution >= 0.6 is 0 Å². The summed E-state index contributed by atoms with van der Waals surface area (Å²) in [6.07, 6.45) is 5.08. The molecule has 2 heterocycles. The van der Waals surface area contributed by atoms with E-state index in [4.69, 9.17) is 14.7 Å². The summed E-state index contributed by atoms with van der Waals surface area (Å²) in [7, 11) is 0. The third-order valence-corrected chi connectivity index (χ3v) is 5.24. The Morgan fingerprint density at radius 3 is 2.35 bits per heavy atom. The molecule has 0 amide bonds. The van der Waals surface area contributed by atoms with Gasteiger partial charge in [-0.2, -0.15) is 4.98 Å². The number of anilines is 1. The highest BCUT2D eigenvalue weighted by Crippen LogP contribution is 2.26. The average Bonchev–Trinajstić information content (AvgIpc) is 2.82. The number of para-hydroxylation sites is 1. The number of carbonyl (C=O) groups excluding carboxylic acids is 2. The van der Waals surface area contributed by atoms with Gasteiger partial charge in [0.05, 0.1) is 29.4 Å². The van der Waals surface area contributed by atoms with Crippen LogP contribution in [0.15, 0.2) is 49.1 Å². The zero-order chi connectivity index (χ0) is 24.9. The first-order chi connectivity index (χ1) is 16.3. The van der Waals surface area contributed by atoms with Crippen molar-refractivity contribution in [3.8, 4) is 5.88 Å². The van der Waals surface area contributed by atoms with Gasteiger partial charge in [-0.15, -0.1) is 6.58 Å². The van der Waals surface area contributed by atoms with Crippen LogP contribution in [0, 0.1) is 5.92 Å². The molecule has 0 N–H and O–H groups in total. The van der Waals surface area contributed by atoms with E-state index in [2.05, 4.69) is 30.2 Å². The summed E-state index contributed by atoms with van der Waals surface area (Å²) < 4.78 is 6.12. The van der Waals surface area contributed by atoms with Gasteiger partial charge in [0, 0.05) is 32.7 Å².